The Morgan fingerprint density at radius 2 is 1.78 bits per heavy atom. The maximum absolute atomic E-state index is 5.78. The fourth-order valence-electron chi connectivity index (χ4n) is 1.78. The van der Waals surface area contributed by atoms with Gasteiger partial charge in [-0.05, 0) is 26.5 Å². The number of nitrogens with zero attached hydrogens (tertiary/aromatic N) is 1. The molecule has 0 aromatic heterocycles. The third-order valence-electron chi connectivity index (χ3n) is 3.17. The van der Waals surface area contributed by atoms with E-state index in [4.69, 9.17) is 9.47 Å². The highest BCUT2D eigenvalue weighted by atomic mass is 16.5. The summed E-state index contributed by atoms with van der Waals surface area (Å²) in [7, 11) is 3.85. The molecule has 0 saturated heterocycles. The number of rotatable bonds is 8. The first kappa shape index (κ1) is 15.2. The van der Waals surface area contributed by atoms with E-state index in [0.717, 1.165) is 0 Å². The molecule has 0 aliphatic rings. The molecule has 0 spiro atoms. The SMILES string of the molecule is COCC(COCc1ccccc1)N(C)C(C)C. The monoisotopic (exact) mass is 251 g/mol. The van der Waals surface area contributed by atoms with Crippen LogP contribution in [-0.4, -0.2) is 44.4 Å². The van der Waals surface area contributed by atoms with E-state index >= 15 is 0 Å². The van der Waals surface area contributed by atoms with E-state index in [9.17, 15) is 0 Å². The molecule has 18 heavy (non-hydrogen) atoms. The maximum atomic E-state index is 5.78. The normalized spacial score (nSPS) is 13.2. The van der Waals surface area contributed by atoms with Gasteiger partial charge >= 0.3 is 0 Å². The Morgan fingerprint density at radius 1 is 1.11 bits per heavy atom. The fraction of sp³-hybridized carbons (Fsp3) is 0.600. The number of likely N-dealkylation sites (N-methyl/N-ethyl adjacent to an activating group) is 1. The van der Waals surface area contributed by atoms with Gasteiger partial charge < -0.3 is 9.47 Å². The van der Waals surface area contributed by atoms with Gasteiger partial charge in [0.15, 0.2) is 0 Å². The third-order valence-corrected chi connectivity index (χ3v) is 3.17. The average molecular weight is 251 g/mol. The van der Waals surface area contributed by atoms with Gasteiger partial charge in [-0.1, -0.05) is 30.3 Å². The van der Waals surface area contributed by atoms with Crippen molar-refractivity contribution in [2.45, 2.75) is 32.5 Å². The first-order valence-corrected chi connectivity index (χ1v) is 6.47. The Morgan fingerprint density at radius 3 is 2.33 bits per heavy atom. The average Bonchev–Trinajstić information content (AvgIpc) is 2.38. The van der Waals surface area contributed by atoms with Crippen molar-refractivity contribution in [2.24, 2.45) is 0 Å². The van der Waals surface area contributed by atoms with Crippen molar-refractivity contribution in [3.8, 4) is 0 Å². The van der Waals surface area contributed by atoms with E-state index < -0.39 is 0 Å². The van der Waals surface area contributed by atoms with Crippen molar-refractivity contribution in [1.29, 1.82) is 0 Å². The summed E-state index contributed by atoms with van der Waals surface area (Å²) in [4.78, 5) is 2.29. The maximum Gasteiger partial charge on any atom is 0.0717 e. The molecule has 3 heteroatoms. The zero-order valence-corrected chi connectivity index (χ0v) is 11.9. The second-order valence-corrected chi connectivity index (χ2v) is 4.87. The molecule has 1 unspecified atom stereocenters. The summed E-state index contributed by atoms with van der Waals surface area (Å²) in [6.07, 6.45) is 0. The largest absolute Gasteiger partial charge is 0.383 e. The van der Waals surface area contributed by atoms with Crippen LogP contribution >= 0.6 is 0 Å². The van der Waals surface area contributed by atoms with E-state index in [1.54, 1.807) is 7.11 Å². The quantitative estimate of drug-likeness (QED) is 0.709. The van der Waals surface area contributed by atoms with Crippen LogP contribution in [0.25, 0.3) is 0 Å². The lowest BCUT2D eigenvalue weighted by Gasteiger charge is -2.30. The van der Waals surface area contributed by atoms with E-state index in [0.29, 0.717) is 31.9 Å². The Kier molecular flexibility index (Phi) is 6.94. The molecule has 0 aliphatic carbocycles. The van der Waals surface area contributed by atoms with Crippen molar-refractivity contribution >= 4 is 0 Å². The van der Waals surface area contributed by atoms with Gasteiger partial charge in [-0.2, -0.15) is 0 Å². The molecule has 0 fully saturated rings. The van der Waals surface area contributed by atoms with E-state index in [1.807, 2.05) is 18.2 Å². The van der Waals surface area contributed by atoms with Crippen LogP contribution < -0.4 is 0 Å². The second kappa shape index (κ2) is 8.25. The molecule has 0 radical (unpaired) electrons. The molecule has 1 aromatic carbocycles. The van der Waals surface area contributed by atoms with Gasteiger partial charge in [0.05, 0.1) is 25.9 Å². The van der Waals surface area contributed by atoms with Crippen molar-refractivity contribution in [1.82, 2.24) is 4.90 Å². The van der Waals surface area contributed by atoms with E-state index in [2.05, 4.69) is 37.9 Å². The standard InChI is InChI=1S/C15H25NO2/c1-13(2)16(3)15(11-17-4)12-18-10-14-8-6-5-7-9-14/h5-9,13,15H,10-12H2,1-4H3. The highest BCUT2D eigenvalue weighted by molar-refractivity contribution is 5.13. The van der Waals surface area contributed by atoms with Gasteiger partial charge in [-0.3, -0.25) is 4.90 Å². The molecule has 0 bridgehead atoms. The molecule has 0 amide bonds. The van der Waals surface area contributed by atoms with Gasteiger partial charge in [0.1, 0.15) is 0 Å². The van der Waals surface area contributed by atoms with Crippen molar-refractivity contribution in [2.75, 3.05) is 27.4 Å². The molecule has 0 aliphatic heterocycles. The van der Waals surface area contributed by atoms with Crippen LogP contribution in [0.2, 0.25) is 0 Å². The minimum Gasteiger partial charge on any atom is -0.383 e. The third kappa shape index (κ3) is 5.17. The fourth-order valence-corrected chi connectivity index (χ4v) is 1.78. The summed E-state index contributed by atoms with van der Waals surface area (Å²) in [6, 6.07) is 11.0. The van der Waals surface area contributed by atoms with Gasteiger partial charge in [-0.15, -0.1) is 0 Å². The topological polar surface area (TPSA) is 21.7 Å². The zero-order chi connectivity index (χ0) is 13.4. The predicted molar refractivity (Wildman–Crippen MR) is 74.7 cm³/mol. The van der Waals surface area contributed by atoms with Crippen LogP contribution in [0.1, 0.15) is 19.4 Å². The molecule has 0 heterocycles. The molecular weight excluding hydrogens is 226 g/mol. The van der Waals surface area contributed by atoms with Crippen LogP contribution in [0.3, 0.4) is 0 Å². The number of hydrogen-bond donors (Lipinski definition) is 0. The highest BCUT2D eigenvalue weighted by Crippen LogP contribution is 2.06. The number of hydrogen-bond acceptors (Lipinski definition) is 3. The van der Waals surface area contributed by atoms with Gasteiger partial charge in [-0.25, -0.2) is 0 Å². The molecule has 1 aromatic rings. The molecule has 0 saturated carbocycles. The molecule has 1 atom stereocenters. The van der Waals surface area contributed by atoms with Gasteiger partial charge in [0.25, 0.3) is 0 Å². The second-order valence-electron chi connectivity index (χ2n) is 4.87. The minimum atomic E-state index is 0.304. The molecule has 102 valence electrons. The first-order chi connectivity index (χ1) is 8.65. The van der Waals surface area contributed by atoms with Crippen molar-refractivity contribution < 1.29 is 9.47 Å². The van der Waals surface area contributed by atoms with Crippen LogP contribution in [-0.2, 0) is 16.1 Å². The van der Waals surface area contributed by atoms with Gasteiger partial charge in [0.2, 0.25) is 0 Å². The Labute approximate surface area is 111 Å². The van der Waals surface area contributed by atoms with Crippen LogP contribution in [0, 0.1) is 0 Å². The lowest BCUT2D eigenvalue weighted by Crippen LogP contribution is -2.43. The van der Waals surface area contributed by atoms with Gasteiger partial charge in [0, 0.05) is 13.2 Å². The molecule has 0 N–H and O–H groups in total. The zero-order valence-electron chi connectivity index (χ0n) is 11.9. The number of benzene rings is 1. The van der Waals surface area contributed by atoms with Crippen molar-refractivity contribution in [3.05, 3.63) is 35.9 Å². The Bertz CT molecular complexity index is 314. The summed E-state index contributed by atoms with van der Waals surface area (Å²) in [5.74, 6) is 0. The summed E-state index contributed by atoms with van der Waals surface area (Å²) in [5.41, 5.74) is 1.21. The lowest BCUT2D eigenvalue weighted by atomic mass is 10.2. The lowest BCUT2D eigenvalue weighted by molar-refractivity contribution is 0.0118. The number of methoxy groups -OCH3 is 1. The molecular formula is C15H25NO2. The van der Waals surface area contributed by atoms with Crippen LogP contribution in [0.15, 0.2) is 30.3 Å². The first-order valence-electron chi connectivity index (χ1n) is 6.47. The smallest absolute Gasteiger partial charge is 0.0717 e. The minimum absolute atomic E-state index is 0.304. The van der Waals surface area contributed by atoms with E-state index in [1.165, 1.54) is 5.56 Å². The highest BCUT2D eigenvalue weighted by Gasteiger charge is 2.17. The molecule has 1 rings (SSSR count). The van der Waals surface area contributed by atoms with Crippen LogP contribution in [0.5, 0.6) is 0 Å². The summed E-state index contributed by atoms with van der Waals surface area (Å²) in [6.45, 7) is 6.41. The van der Waals surface area contributed by atoms with Crippen molar-refractivity contribution in [3.63, 3.8) is 0 Å². The predicted octanol–water partition coefficient (Wildman–Crippen LogP) is 2.56. The van der Waals surface area contributed by atoms with E-state index in [-0.39, 0.29) is 0 Å². The van der Waals surface area contributed by atoms with Crippen LogP contribution in [0.4, 0.5) is 0 Å². The molecule has 3 nitrogen and oxygen atoms in total. The Hall–Kier alpha value is -0.900. The Balaban J connectivity index is 2.38. The summed E-state index contributed by atoms with van der Waals surface area (Å²) >= 11 is 0. The number of ether oxygens (including phenoxy) is 2. The summed E-state index contributed by atoms with van der Waals surface area (Å²) in [5, 5.41) is 0. The summed E-state index contributed by atoms with van der Waals surface area (Å²) < 4.78 is 11.0.